The molecular formula is C10H12FNO4. The Labute approximate surface area is 90.9 Å². The molecule has 5 nitrogen and oxygen atoms in total. The molecule has 1 aromatic rings. The number of carboxylic acid groups (broad SMARTS) is 1. The van der Waals surface area contributed by atoms with Gasteiger partial charge in [-0.3, -0.25) is 4.79 Å². The zero-order valence-electron chi connectivity index (χ0n) is 8.57. The van der Waals surface area contributed by atoms with Crippen molar-refractivity contribution < 1.29 is 24.5 Å². The predicted molar refractivity (Wildman–Crippen MR) is 53.7 cm³/mol. The van der Waals surface area contributed by atoms with E-state index in [4.69, 9.17) is 21.1 Å². The van der Waals surface area contributed by atoms with Crippen molar-refractivity contribution in [2.24, 2.45) is 5.73 Å². The minimum atomic E-state index is -1.63. The molecule has 0 unspecified atom stereocenters. The summed E-state index contributed by atoms with van der Waals surface area (Å²) < 4.78 is 13.3. The number of aliphatic carboxylic acids is 1. The number of carboxylic acids is 1. The fraction of sp³-hybridized carbons (Fsp3) is 0.300. The lowest BCUT2D eigenvalue weighted by molar-refractivity contribution is -0.142. The van der Waals surface area contributed by atoms with Gasteiger partial charge in [0, 0.05) is 12.5 Å². The molecule has 0 spiro atoms. The molecule has 0 bridgehead atoms. The number of carbonyl (C=O) groups is 1. The van der Waals surface area contributed by atoms with E-state index in [1.54, 1.807) is 0 Å². The molecule has 16 heavy (non-hydrogen) atoms. The third-order valence-corrected chi connectivity index (χ3v) is 2.19. The van der Waals surface area contributed by atoms with Crippen LogP contribution < -0.4 is 5.73 Å². The Hall–Kier alpha value is -1.82. The fourth-order valence-corrected chi connectivity index (χ4v) is 1.20. The van der Waals surface area contributed by atoms with Crippen LogP contribution in [0.3, 0.4) is 0 Å². The van der Waals surface area contributed by atoms with Crippen molar-refractivity contribution in [3.05, 3.63) is 23.5 Å². The number of phenolic OH excluding ortho intramolecular Hbond substituents is 2. The van der Waals surface area contributed by atoms with Crippen LogP contribution in [0.5, 0.6) is 11.5 Å². The van der Waals surface area contributed by atoms with Gasteiger partial charge in [0.1, 0.15) is 11.4 Å². The molecule has 0 radical (unpaired) electrons. The Bertz CT molecular complexity index is 431. The lowest BCUT2D eigenvalue weighted by Crippen LogP contribution is -2.47. The molecule has 0 heterocycles. The summed E-state index contributed by atoms with van der Waals surface area (Å²) in [7, 11) is 0. The van der Waals surface area contributed by atoms with E-state index in [0.29, 0.717) is 6.07 Å². The highest BCUT2D eigenvalue weighted by Crippen LogP contribution is 2.29. The quantitative estimate of drug-likeness (QED) is 0.567. The van der Waals surface area contributed by atoms with Crippen molar-refractivity contribution in [3.8, 4) is 11.5 Å². The van der Waals surface area contributed by atoms with Crippen LogP contribution in [0.4, 0.5) is 4.39 Å². The summed E-state index contributed by atoms with van der Waals surface area (Å²) in [6.45, 7) is 1.23. The van der Waals surface area contributed by atoms with Gasteiger partial charge < -0.3 is 21.1 Å². The van der Waals surface area contributed by atoms with Crippen molar-refractivity contribution >= 4 is 5.97 Å². The van der Waals surface area contributed by atoms with Crippen molar-refractivity contribution in [2.45, 2.75) is 18.9 Å². The molecule has 1 rings (SSSR count). The van der Waals surface area contributed by atoms with Gasteiger partial charge in [0.25, 0.3) is 0 Å². The van der Waals surface area contributed by atoms with Crippen LogP contribution in [0, 0.1) is 5.82 Å². The molecule has 0 saturated carbocycles. The number of phenols is 2. The Kier molecular flexibility index (Phi) is 3.04. The second-order valence-electron chi connectivity index (χ2n) is 3.83. The summed E-state index contributed by atoms with van der Waals surface area (Å²) in [6, 6.07) is 1.67. The van der Waals surface area contributed by atoms with E-state index in [0.717, 1.165) is 6.07 Å². The molecule has 0 aliphatic heterocycles. The minimum absolute atomic E-state index is 0.0669. The van der Waals surface area contributed by atoms with Crippen LogP contribution in [0.2, 0.25) is 0 Å². The average Bonchev–Trinajstić information content (AvgIpc) is 2.13. The first-order chi connectivity index (χ1) is 7.24. The average molecular weight is 229 g/mol. The molecule has 0 amide bonds. The minimum Gasteiger partial charge on any atom is -0.504 e. The molecule has 0 saturated heterocycles. The SMILES string of the molecule is C[C@](N)(Cc1cc(O)c(O)cc1F)C(=O)O. The standard InChI is InChI=1S/C10H12FNO4/c1-10(12,9(15)16)4-5-2-7(13)8(14)3-6(5)11/h2-3,13-14H,4,12H2,1H3,(H,15,16)/t10-/m0/s1. The van der Waals surface area contributed by atoms with Crippen LogP contribution in [-0.4, -0.2) is 26.8 Å². The van der Waals surface area contributed by atoms with E-state index < -0.39 is 28.8 Å². The highest BCUT2D eigenvalue weighted by molar-refractivity contribution is 5.78. The van der Waals surface area contributed by atoms with E-state index in [1.165, 1.54) is 6.92 Å². The maximum atomic E-state index is 13.3. The van der Waals surface area contributed by atoms with Crippen LogP contribution in [0.15, 0.2) is 12.1 Å². The summed E-state index contributed by atoms with van der Waals surface area (Å²) in [6.07, 6.45) is -0.290. The summed E-state index contributed by atoms with van der Waals surface area (Å²) >= 11 is 0. The number of rotatable bonds is 3. The molecule has 88 valence electrons. The second-order valence-corrected chi connectivity index (χ2v) is 3.83. The van der Waals surface area contributed by atoms with Crippen molar-refractivity contribution in [1.82, 2.24) is 0 Å². The Balaban J connectivity index is 3.07. The predicted octanol–water partition coefficient (Wildman–Crippen LogP) is 0.581. The van der Waals surface area contributed by atoms with Crippen LogP contribution in [-0.2, 0) is 11.2 Å². The molecular weight excluding hydrogens is 217 g/mol. The lowest BCUT2D eigenvalue weighted by atomic mass is 9.93. The van der Waals surface area contributed by atoms with Crippen LogP contribution >= 0.6 is 0 Å². The maximum Gasteiger partial charge on any atom is 0.323 e. The third kappa shape index (κ3) is 2.40. The first-order valence-corrected chi connectivity index (χ1v) is 4.46. The number of aromatic hydroxyl groups is 2. The second kappa shape index (κ2) is 3.97. The molecule has 1 atom stereocenters. The van der Waals surface area contributed by atoms with E-state index in [2.05, 4.69) is 0 Å². The number of nitrogens with two attached hydrogens (primary N) is 1. The van der Waals surface area contributed by atoms with Gasteiger partial charge in [0.05, 0.1) is 0 Å². The number of hydrogen-bond donors (Lipinski definition) is 4. The summed E-state index contributed by atoms with van der Waals surface area (Å²) in [5, 5.41) is 26.9. The highest BCUT2D eigenvalue weighted by Gasteiger charge is 2.29. The van der Waals surface area contributed by atoms with Gasteiger partial charge in [-0.1, -0.05) is 0 Å². The third-order valence-electron chi connectivity index (χ3n) is 2.19. The summed E-state index contributed by atoms with van der Waals surface area (Å²) in [5.74, 6) is -3.21. The molecule has 5 N–H and O–H groups in total. The Morgan fingerprint density at radius 3 is 2.44 bits per heavy atom. The van der Waals surface area contributed by atoms with Crippen LogP contribution in [0.1, 0.15) is 12.5 Å². The van der Waals surface area contributed by atoms with E-state index >= 15 is 0 Å². The van der Waals surface area contributed by atoms with E-state index in [1.807, 2.05) is 0 Å². The van der Waals surface area contributed by atoms with Gasteiger partial charge in [-0.05, 0) is 18.6 Å². The number of hydrogen-bond acceptors (Lipinski definition) is 4. The monoisotopic (exact) mass is 229 g/mol. The smallest absolute Gasteiger partial charge is 0.323 e. The zero-order chi connectivity index (χ0) is 12.5. The van der Waals surface area contributed by atoms with Gasteiger partial charge in [0.2, 0.25) is 0 Å². The van der Waals surface area contributed by atoms with Crippen molar-refractivity contribution in [2.75, 3.05) is 0 Å². The molecule has 0 aromatic heterocycles. The first-order valence-electron chi connectivity index (χ1n) is 4.46. The first kappa shape index (κ1) is 12.3. The highest BCUT2D eigenvalue weighted by atomic mass is 19.1. The van der Waals surface area contributed by atoms with Gasteiger partial charge in [0.15, 0.2) is 11.5 Å². The van der Waals surface area contributed by atoms with Crippen LogP contribution in [0.25, 0.3) is 0 Å². The zero-order valence-corrected chi connectivity index (χ0v) is 8.57. The normalized spacial score (nSPS) is 14.4. The van der Waals surface area contributed by atoms with E-state index in [9.17, 15) is 9.18 Å². The van der Waals surface area contributed by atoms with Gasteiger partial charge in [-0.2, -0.15) is 0 Å². The van der Waals surface area contributed by atoms with Crippen molar-refractivity contribution in [1.29, 1.82) is 0 Å². The largest absolute Gasteiger partial charge is 0.504 e. The van der Waals surface area contributed by atoms with E-state index in [-0.39, 0.29) is 12.0 Å². The Morgan fingerprint density at radius 1 is 1.44 bits per heavy atom. The summed E-state index contributed by atoms with van der Waals surface area (Å²) in [5.41, 5.74) is 3.74. The molecule has 1 aromatic carbocycles. The molecule has 0 fully saturated rings. The van der Waals surface area contributed by atoms with Gasteiger partial charge >= 0.3 is 5.97 Å². The lowest BCUT2D eigenvalue weighted by Gasteiger charge is -2.19. The molecule has 0 aliphatic carbocycles. The fourth-order valence-electron chi connectivity index (χ4n) is 1.20. The summed E-state index contributed by atoms with van der Waals surface area (Å²) in [4.78, 5) is 10.7. The molecule has 0 aliphatic rings. The Morgan fingerprint density at radius 2 is 1.94 bits per heavy atom. The maximum absolute atomic E-state index is 13.3. The number of halogens is 1. The van der Waals surface area contributed by atoms with Gasteiger partial charge in [-0.15, -0.1) is 0 Å². The number of benzene rings is 1. The van der Waals surface area contributed by atoms with Gasteiger partial charge in [-0.25, -0.2) is 4.39 Å². The van der Waals surface area contributed by atoms with Crippen molar-refractivity contribution in [3.63, 3.8) is 0 Å². The topological polar surface area (TPSA) is 104 Å². The molecule has 6 heteroatoms.